The molecule has 0 fully saturated rings. The number of aliphatic hydroxyl groups excluding tert-OH is 2. The average Bonchev–Trinajstić information content (AvgIpc) is 2.36. The standard InChI is InChI=1S/C14H22N2O5/c1-14(2,3)21-13(20)16-7-11(18)12(19)8-4-5-10(17)9(15)6-8/h4-6,11-12,17-19H,7,15H2,1-3H3,(H,16,20). The van der Waals surface area contributed by atoms with Gasteiger partial charge in [0.1, 0.15) is 23.6 Å². The number of nitrogens with two attached hydrogens (primary N) is 1. The van der Waals surface area contributed by atoms with Crippen LogP contribution in [0.5, 0.6) is 5.75 Å². The predicted octanol–water partition coefficient (Wildman–Crippen LogP) is 0.893. The Morgan fingerprint density at radius 1 is 1.38 bits per heavy atom. The van der Waals surface area contributed by atoms with E-state index in [4.69, 9.17) is 10.5 Å². The molecule has 0 saturated carbocycles. The van der Waals surface area contributed by atoms with Crippen molar-refractivity contribution in [1.29, 1.82) is 0 Å². The molecule has 0 heterocycles. The van der Waals surface area contributed by atoms with Crippen LogP contribution in [-0.2, 0) is 4.74 Å². The number of aromatic hydroxyl groups is 1. The molecule has 1 aromatic rings. The number of carbonyl (C=O) groups is 1. The number of phenols is 1. The molecule has 0 aliphatic carbocycles. The first-order valence-electron chi connectivity index (χ1n) is 6.51. The number of rotatable bonds is 4. The molecule has 0 bridgehead atoms. The summed E-state index contributed by atoms with van der Waals surface area (Å²) in [5, 5.41) is 31.5. The Bertz CT molecular complexity index is 499. The summed E-state index contributed by atoms with van der Waals surface area (Å²) in [5.41, 5.74) is 5.31. The van der Waals surface area contributed by atoms with E-state index in [-0.39, 0.29) is 18.0 Å². The highest BCUT2D eigenvalue weighted by Crippen LogP contribution is 2.25. The Morgan fingerprint density at radius 3 is 2.52 bits per heavy atom. The van der Waals surface area contributed by atoms with E-state index in [2.05, 4.69) is 5.32 Å². The second-order valence-electron chi connectivity index (χ2n) is 5.71. The molecular weight excluding hydrogens is 276 g/mol. The van der Waals surface area contributed by atoms with Crippen molar-refractivity contribution in [2.45, 2.75) is 38.6 Å². The number of ether oxygens (including phenoxy) is 1. The number of alkyl carbamates (subject to hydrolysis) is 1. The van der Waals surface area contributed by atoms with Gasteiger partial charge in [0.25, 0.3) is 0 Å². The van der Waals surface area contributed by atoms with Gasteiger partial charge in [-0.05, 0) is 38.5 Å². The number of amides is 1. The predicted molar refractivity (Wildman–Crippen MR) is 77.7 cm³/mol. The first-order valence-corrected chi connectivity index (χ1v) is 6.51. The minimum atomic E-state index is -1.25. The molecule has 0 aliphatic heterocycles. The third-order valence-electron chi connectivity index (χ3n) is 2.61. The summed E-state index contributed by atoms with van der Waals surface area (Å²) in [7, 11) is 0. The molecule has 0 saturated heterocycles. The van der Waals surface area contributed by atoms with Gasteiger partial charge >= 0.3 is 6.09 Å². The topological polar surface area (TPSA) is 125 Å². The lowest BCUT2D eigenvalue weighted by atomic mass is 10.0. The second kappa shape index (κ2) is 6.64. The van der Waals surface area contributed by atoms with Crippen LogP contribution >= 0.6 is 0 Å². The summed E-state index contributed by atoms with van der Waals surface area (Å²) in [6, 6.07) is 4.12. The van der Waals surface area contributed by atoms with Gasteiger partial charge in [-0.2, -0.15) is 0 Å². The lowest BCUT2D eigenvalue weighted by Crippen LogP contribution is -2.38. The van der Waals surface area contributed by atoms with Crippen LogP contribution in [0.3, 0.4) is 0 Å². The van der Waals surface area contributed by atoms with Crippen LogP contribution in [0.1, 0.15) is 32.4 Å². The van der Waals surface area contributed by atoms with Gasteiger partial charge in [0.2, 0.25) is 0 Å². The molecule has 1 rings (SSSR count). The normalized spacial score (nSPS) is 14.3. The number of carbonyl (C=O) groups excluding carboxylic acids is 1. The van der Waals surface area contributed by atoms with Crippen molar-refractivity contribution < 1.29 is 24.9 Å². The number of anilines is 1. The van der Waals surface area contributed by atoms with E-state index >= 15 is 0 Å². The van der Waals surface area contributed by atoms with Gasteiger partial charge in [0.05, 0.1) is 5.69 Å². The maximum atomic E-state index is 11.4. The van der Waals surface area contributed by atoms with E-state index in [0.717, 1.165) is 0 Å². The van der Waals surface area contributed by atoms with E-state index in [1.54, 1.807) is 20.8 Å². The molecule has 0 spiro atoms. The Morgan fingerprint density at radius 2 is 2.00 bits per heavy atom. The summed E-state index contributed by atoms with van der Waals surface area (Å²) in [6.45, 7) is 4.97. The maximum Gasteiger partial charge on any atom is 0.407 e. The number of benzene rings is 1. The molecule has 1 amide bonds. The molecule has 21 heavy (non-hydrogen) atoms. The Hall–Kier alpha value is -1.99. The zero-order chi connectivity index (χ0) is 16.2. The minimum Gasteiger partial charge on any atom is -0.506 e. The smallest absolute Gasteiger partial charge is 0.407 e. The van der Waals surface area contributed by atoms with Gasteiger partial charge < -0.3 is 31.1 Å². The van der Waals surface area contributed by atoms with Crippen molar-refractivity contribution >= 4 is 11.8 Å². The molecule has 1 aromatic carbocycles. The molecule has 0 aliphatic rings. The van der Waals surface area contributed by atoms with Gasteiger partial charge in [-0.3, -0.25) is 0 Å². The molecule has 118 valence electrons. The highest BCUT2D eigenvalue weighted by atomic mass is 16.6. The van der Waals surface area contributed by atoms with E-state index in [9.17, 15) is 20.1 Å². The van der Waals surface area contributed by atoms with Gasteiger partial charge in [0, 0.05) is 6.54 Å². The van der Waals surface area contributed by atoms with Crippen molar-refractivity contribution in [3.05, 3.63) is 23.8 Å². The molecule has 7 nitrogen and oxygen atoms in total. The van der Waals surface area contributed by atoms with Gasteiger partial charge in [-0.25, -0.2) is 4.79 Å². The van der Waals surface area contributed by atoms with Crippen LogP contribution in [0.25, 0.3) is 0 Å². The Labute approximate surface area is 123 Å². The fraction of sp³-hybridized carbons (Fsp3) is 0.500. The quantitative estimate of drug-likeness (QED) is 0.415. The van der Waals surface area contributed by atoms with Gasteiger partial charge in [-0.1, -0.05) is 6.07 Å². The third kappa shape index (κ3) is 5.49. The molecular formula is C14H22N2O5. The van der Waals surface area contributed by atoms with Crippen LogP contribution < -0.4 is 11.1 Å². The largest absolute Gasteiger partial charge is 0.506 e. The molecule has 2 unspecified atom stereocenters. The van der Waals surface area contributed by atoms with Crippen molar-refractivity contribution in [2.24, 2.45) is 0 Å². The van der Waals surface area contributed by atoms with Crippen molar-refractivity contribution in [3.63, 3.8) is 0 Å². The number of hydrogen-bond acceptors (Lipinski definition) is 6. The number of hydrogen-bond donors (Lipinski definition) is 5. The van der Waals surface area contributed by atoms with Crippen LogP contribution in [0, 0.1) is 0 Å². The fourth-order valence-corrected chi connectivity index (χ4v) is 1.59. The van der Waals surface area contributed by atoms with E-state index < -0.39 is 23.9 Å². The molecule has 0 aromatic heterocycles. The number of aliphatic hydroxyl groups is 2. The zero-order valence-corrected chi connectivity index (χ0v) is 12.3. The molecule has 0 radical (unpaired) electrons. The number of phenolic OH excluding ortho intramolecular Hbond substituents is 1. The SMILES string of the molecule is CC(C)(C)OC(=O)NCC(O)C(O)c1ccc(O)c(N)c1. The molecule has 2 atom stereocenters. The first kappa shape index (κ1) is 17.1. The van der Waals surface area contributed by atoms with Crippen molar-refractivity contribution in [2.75, 3.05) is 12.3 Å². The highest BCUT2D eigenvalue weighted by Gasteiger charge is 2.21. The summed E-state index contributed by atoms with van der Waals surface area (Å²) in [6.07, 6.45) is -3.16. The van der Waals surface area contributed by atoms with Crippen molar-refractivity contribution in [1.82, 2.24) is 5.32 Å². The van der Waals surface area contributed by atoms with Gasteiger partial charge in [-0.15, -0.1) is 0 Å². The molecule has 6 N–H and O–H groups in total. The zero-order valence-electron chi connectivity index (χ0n) is 12.3. The summed E-state index contributed by atoms with van der Waals surface area (Å²) < 4.78 is 5.01. The third-order valence-corrected chi connectivity index (χ3v) is 2.61. The maximum absolute atomic E-state index is 11.4. The van der Waals surface area contributed by atoms with Crippen LogP contribution in [0.15, 0.2) is 18.2 Å². The highest BCUT2D eigenvalue weighted by molar-refractivity contribution is 5.67. The summed E-state index contributed by atoms with van der Waals surface area (Å²) in [4.78, 5) is 11.4. The average molecular weight is 298 g/mol. The Kier molecular flexibility index (Phi) is 5.40. The Balaban J connectivity index is 2.56. The van der Waals surface area contributed by atoms with E-state index in [0.29, 0.717) is 5.56 Å². The second-order valence-corrected chi connectivity index (χ2v) is 5.71. The van der Waals surface area contributed by atoms with Crippen molar-refractivity contribution in [3.8, 4) is 5.75 Å². The van der Waals surface area contributed by atoms with E-state index in [1.165, 1.54) is 18.2 Å². The monoisotopic (exact) mass is 298 g/mol. The first-order chi connectivity index (χ1) is 9.60. The van der Waals surface area contributed by atoms with Crippen LogP contribution in [-0.4, -0.2) is 39.7 Å². The molecule has 7 heteroatoms. The number of nitrogen functional groups attached to an aromatic ring is 1. The van der Waals surface area contributed by atoms with Crippen LogP contribution in [0.2, 0.25) is 0 Å². The van der Waals surface area contributed by atoms with Gasteiger partial charge in [0.15, 0.2) is 0 Å². The summed E-state index contributed by atoms with van der Waals surface area (Å²) >= 11 is 0. The summed E-state index contributed by atoms with van der Waals surface area (Å²) in [5.74, 6) is -0.104. The fourth-order valence-electron chi connectivity index (χ4n) is 1.59. The van der Waals surface area contributed by atoms with E-state index in [1.807, 2.05) is 0 Å². The van der Waals surface area contributed by atoms with Crippen LogP contribution in [0.4, 0.5) is 10.5 Å². The number of nitrogens with one attached hydrogen (secondary N) is 1. The minimum absolute atomic E-state index is 0.0962. The lowest BCUT2D eigenvalue weighted by molar-refractivity contribution is 0.0129. The lowest BCUT2D eigenvalue weighted by Gasteiger charge is -2.22.